The van der Waals surface area contributed by atoms with Crippen molar-refractivity contribution in [3.05, 3.63) is 35.1 Å². The molecule has 0 spiro atoms. The molecular weight excluding hydrogens is 334 g/mol. The Morgan fingerprint density at radius 2 is 2.04 bits per heavy atom. The third-order valence-corrected chi connectivity index (χ3v) is 4.01. The number of nitrogens with zero attached hydrogens (tertiary/aromatic N) is 1. The van der Waals surface area contributed by atoms with Crippen molar-refractivity contribution in [2.45, 2.75) is 26.3 Å². The average Bonchev–Trinajstić information content (AvgIpc) is 2.87. The van der Waals surface area contributed by atoms with E-state index in [1.54, 1.807) is 18.2 Å². The molecule has 130 valence electrons. The highest BCUT2D eigenvalue weighted by Gasteiger charge is 2.34. The average molecular weight is 354 g/mol. The van der Waals surface area contributed by atoms with Gasteiger partial charge in [-0.1, -0.05) is 31.5 Å². The fourth-order valence-corrected chi connectivity index (χ4v) is 2.76. The van der Waals surface area contributed by atoms with Gasteiger partial charge >= 0.3 is 5.97 Å². The summed E-state index contributed by atoms with van der Waals surface area (Å²) in [5.74, 6) is -0.0862. The molecule has 7 heteroatoms. The summed E-state index contributed by atoms with van der Waals surface area (Å²) in [6, 6.07) is 4.18. The monoisotopic (exact) mass is 353 g/mol. The number of carboxylic acid groups (broad SMARTS) is 1. The molecule has 2 rings (SSSR count). The molecular formula is C17H20ClNO5. The molecule has 0 aromatic heterocycles. The summed E-state index contributed by atoms with van der Waals surface area (Å²) in [5, 5.41) is 9.69. The summed E-state index contributed by atoms with van der Waals surface area (Å²) < 4.78 is 10.8. The van der Waals surface area contributed by atoms with E-state index in [0.717, 1.165) is 0 Å². The molecule has 1 unspecified atom stereocenters. The molecule has 1 aromatic rings. The minimum atomic E-state index is -1.02. The molecule has 6 nitrogen and oxygen atoms in total. The summed E-state index contributed by atoms with van der Waals surface area (Å²) >= 11 is 6.17. The Morgan fingerprint density at radius 3 is 2.62 bits per heavy atom. The predicted molar refractivity (Wildman–Crippen MR) is 89.3 cm³/mol. The molecule has 0 aliphatic carbocycles. The van der Waals surface area contributed by atoms with Crippen molar-refractivity contribution in [1.82, 2.24) is 4.90 Å². The van der Waals surface area contributed by atoms with Crippen molar-refractivity contribution in [3.63, 3.8) is 0 Å². The van der Waals surface area contributed by atoms with Crippen LogP contribution < -0.4 is 9.47 Å². The molecule has 24 heavy (non-hydrogen) atoms. The van der Waals surface area contributed by atoms with Gasteiger partial charge in [0.25, 0.3) is 5.91 Å². The number of rotatable bonds is 7. The maximum atomic E-state index is 12.2. The van der Waals surface area contributed by atoms with Gasteiger partial charge < -0.3 is 19.5 Å². The summed E-state index contributed by atoms with van der Waals surface area (Å²) in [6.07, 6.45) is 1.67. The number of aliphatic carboxylic acids is 1. The van der Waals surface area contributed by atoms with Gasteiger partial charge in [0.15, 0.2) is 0 Å². The van der Waals surface area contributed by atoms with Crippen LogP contribution in [0.4, 0.5) is 0 Å². The second-order valence-corrected chi connectivity index (χ2v) is 6.31. The van der Waals surface area contributed by atoms with Gasteiger partial charge in [0, 0.05) is 6.08 Å². The normalized spacial score (nSPS) is 15.5. The lowest BCUT2D eigenvalue weighted by Gasteiger charge is -2.25. The summed E-state index contributed by atoms with van der Waals surface area (Å²) in [5.41, 5.74) is 0. The van der Waals surface area contributed by atoms with Crippen LogP contribution in [-0.2, 0) is 9.59 Å². The van der Waals surface area contributed by atoms with Gasteiger partial charge in [-0.3, -0.25) is 4.79 Å². The number of carboxylic acids is 1. The molecule has 1 atom stereocenters. The number of hydrogen-bond acceptors (Lipinski definition) is 4. The number of carbonyl (C=O) groups is 2. The highest BCUT2D eigenvalue weighted by Crippen LogP contribution is 2.35. The van der Waals surface area contributed by atoms with Crippen LogP contribution >= 0.6 is 11.6 Å². The third-order valence-electron chi connectivity index (χ3n) is 3.64. The summed E-state index contributed by atoms with van der Waals surface area (Å²) in [6.45, 7) is 3.92. The smallest absolute Gasteiger partial charge is 0.326 e. The Hall–Kier alpha value is -2.21. The number of carbonyl (C=O) groups excluding carboxylic acids is 1. The maximum absolute atomic E-state index is 12.2. The van der Waals surface area contributed by atoms with E-state index in [1.165, 1.54) is 18.1 Å². The van der Waals surface area contributed by atoms with Crippen molar-refractivity contribution < 1.29 is 24.2 Å². The van der Waals surface area contributed by atoms with Crippen LogP contribution in [-0.4, -0.2) is 41.6 Å². The van der Waals surface area contributed by atoms with Crippen molar-refractivity contribution in [1.29, 1.82) is 0 Å². The maximum Gasteiger partial charge on any atom is 0.326 e. The first kappa shape index (κ1) is 18.1. The lowest BCUT2D eigenvalue weighted by atomic mass is 10.0. The van der Waals surface area contributed by atoms with Crippen LogP contribution in [0.3, 0.4) is 0 Å². The molecule has 1 aliphatic rings. The van der Waals surface area contributed by atoms with Gasteiger partial charge in [0.2, 0.25) is 0 Å². The van der Waals surface area contributed by atoms with Gasteiger partial charge in [0.1, 0.15) is 28.3 Å². The topological polar surface area (TPSA) is 76.1 Å². The molecule has 1 amide bonds. The van der Waals surface area contributed by atoms with Crippen LogP contribution in [0.25, 0.3) is 0 Å². The van der Waals surface area contributed by atoms with Gasteiger partial charge in [-0.05, 0) is 24.5 Å². The fourth-order valence-electron chi connectivity index (χ4n) is 2.51. The van der Waals surface area contributed by atoms with Crippen LogP contribution in [0.1, 0.15) is 20.3 Å². The number of halogens is 1. The second kappa shape index (κ2) is 7.57. The molecule has 0 saturated heterocycles. The number of benzene rings is 1. The van der Waals surface area contributed by atoms with Gasteiger partial charge in [-0.25, -0.2) is 4.79 Å². The van der Waals surface area contributed by atoms with E-state index in [2.05, 4.69) is 0 Å². The lowest BCUT2D eigenvalue weighted by Crippen LogP contribution is -2.43. The van der Waals surface area contributed by atoms with Crippen LogP contribution in [0.15, 0.2) is 30.0 Å². The predicted octanol–water partition coefficient (Wildman–Crippen LogP) is 2.95. The SMILES string of the molecule is COc1cccc(OC2=CC(=O)N(C(CC(C)C)C(=O)O)C2)c1Cl. The van der Waals surface area contributed by atoms with E-state index in [4.69, 9.17) is 21.1 Å². The molecule has 0 radical (unpaired) electrons. The van der Waals surface area contributed by atoms with E-state index in [-0.39, 0.29) is 18.4 Å². The molecule has 0 bridgehead atoms. The molecule has 1 aliphatic heterocycles. The summed E-state index contributed by atoms with van der Waals surface area (Å²) in [7, 11) is 1.49. The zero-order valence-electron chi connectivity index (χ0n) is 13.8. The van der Waals surface area contributed by atoms with Crippen LogP contribution in [0.2, 0.25) is 5.02 Å². The summed E-state index contributed by atoms with van der Waals surface area (Å²) in [4.78, 5) is 24.9. The Balaban J connectivity index is 2.14. The Kier molecular flexibility index (Phi) is 5.72. The Bertz CT molecular complexity index is 671. The van der Waals surface area contributed by atoms with Gasteiger partial charge in [-0.15, -0.1) is 0 Å². The first-order valence-electron chi connectivity index (χ1n) is 7.57. The van der Waals surface area contributed by atoms with Crippen molar-refractivity contribution >= 4 is 23.5 Å². The van der Waals surface area contributed by atoms with Crippen molar-refractivity contribution in [3.8, 4) is 11.5 Å². The van der Waals surface area contributed by atoms with Crippen LogP contribution in [0, 0.1) is 5.92 Å². The van der Waals surface area contributed by atoms with E-state index in [0.29, 0.717) is 28.7 Å². The Morgan fingerprint density at radius 1 is 1.38 bits per heavy atom. The number of ether oxygens (including phenoxy) is 2. The first-order valence-corrected chi connectivity index (χ1v) is 7.95. The largest absolute Gasteiger partial charge is 0.495 e. The van der Waals surface area contributed by atoms with Gasteiger partial charge in [0.05, 0.1) is 13.7 Å². The number of hydrogen-bond donors (Lipinski definition) is 1. The molecule has 1 N–H and O–H groups in total. The third kappa shape index (κ3) is 4.00. The molecule has 1 heterocycles. The quantitative estimate of drug-likeness (QED) is 0.815. The highest BCUT2D eigenvalue weighted by molar-refractivity contribution is 6.33. The van der Waals surface area contributed by atoms with Crippen molar-refractivity contribution in [2.75, 3.05) is 13.7 Å². The minimum Gasteiger partial charge on any atom is -0.495 e. The van der Waals surface area contributed by atoms with E-state index in [1.807, 2.05) is 13.8 Å². The highest BCUT2D eigenvalue weighted by atomic mass is 35.5. The molecule has 1 aromatic carbocycles. The number of methoxy groups -OCH3 is 1. The molecule has 0 saturated carbocycles. The fraction of sp³-hybridized carbons (Fsp3) is 0.412. The van der Waals surface area contributed by atoms with E-state index in [9.17, 15) is 14.7 Å². The van der Waals surface area contributed by atoms with E-state index < -0.39 is 12.0 Å². The Labute approximate surface area is 145 Å². The second-order valence-electron chi connectivity index (χ2n) is 5.93. The van der Waals surface area contributed by atoms with Crippen molar-refractivity contribution in [2.24, 2.45) is 5.92 Å². The van der Waals surface area contributed by atoms with Gasteiger partial charge in [-0.2, -0.15) is 0 Å². The first-order chi connectivity index (χ1) is 11.3. The standard InChI is InChI=1S/C17H20ClNO5/c1-10(2)7-12(17(21)22)19-9-11(8-15(19)20)24-14-6-4-5-13(23-3)16(14)18/h4-6,8,10,12H,7,9H2,1-3H3,(H,21,22). The van der Waals surface area contributed by atoms with Crippen LogP contribution in [0.5, 0.6) is 11.5 Å². The zero-order chi connectivity index (χ0) is 17.9. The minimum absolute atomic E-state index is 0.0933. The molecule has 0 fully saturated rings. The van der Waals surface area contributed by atoms with E-state index >= 15 is 0 Å². The zero-order valence-corrected chi connectivity index (χ0v) is 14.5. The lowest BCUT2D eigenvalue weighted by molar-refractivity contribution is -0.148. The number of amides is 1.